The number of pyridine rings is 1. The Morgan fingerprint density at radius 2 is 2.26 bits per heavy atom. The van der Waals surface area contributed by atoms with Crippen LogP contribution in [-0.4, -0.2) is 68.4 Å². The monoisotopic (exact) mass is 323 g/mol. The minimum atomic E-state index is -0.277. The van der Waals surface area contributed by atoms with Crippen LogP contribution in [0.2, 0.25) is 0 Å². The molecule has 0 unspecified atom stereocenters. The predicted octanol–water partition coefficient (Wildman–Crippen LogP) is 0.149. The topological polar surface area (TPSA) is 83.7 Å². The smallest absolute Gasteiger partial charge is 0.251 e. The number of amides is 1. The van der Waals surface area contributed by atoms with Gasteiger partial charge in [-0.15, -0.1) is 0 Å². The third-order valence-corrected chi connectivity index (χ3v) is 3.73. The van der Waals surface area contributed by atoms with Crippen LogP contribution in [0.15, 0.2) is 16.9 Å². The van der Waals surface area contributed by atoms with E-state index in [2.05, 4.69) is 10.3 Å². The number of rotatable bonds is 6. The molecule has 2 heterocycles. The molecule has 0 radical (unpaired) electrons. The maximum absolute atomic E-state index is 12.4. The van der Waals surface area contributed by atoms with Crippen LogP contribution >= 0.6 is 0 Å². The Labute approximate surface area is 136 Å². The molecule has 0 aliphatic carbocycles. The highest BCUT2D eigenvalue weighted by Gasteiger charge is 2.28. The molecular weight excluding hydrogens is 298 g/mol. The van der Waals surface area contributed by atoms with Crippen molar-refractivity contribution in [2.75, 3.05) is 40.5 Å². The normalized spacial score (nSPS) is 21.4. The van der Waals surface area contributed by atoms with Gasteiger partial charge in [-0.3, -0.25) is 9.59 Å². The van der Waals surface area contributed by atoms with Crippen molar-refractivity contribution in [3.63, 3.8) is 0 Å². The van der Waals surface area contributed by atoms with Crippen molar-refractivity contribution < 1.29 is 14.3 Å². The zero-order chi connectivity index (χ0) is 16.8. The van der Waals surface area contributed by atoms with Gasteiger partial charge in [-0.2, -0.15) is 0 Å². The molecule has 1 saturated heterocycles. The second kappa shape index (κ2) is 8.24. The van der Waals surface area contributed by atoms with Gasteiger partial charge in [0.05, 0.1) is 19.3 Å². The molecule has 1 fully saturated rings. The number of aromatic nitrogens is 1. The summed E-state index contributed by atoms with van der Waals surface area (Å²) in [4.78, 5) is 28.5. The zero-order valence-electron chi connectivity index (χ0n) is 13.9. The summed E-state index contributed by atoms with van der Waals surface area (Å²) >= 11 is 0. The number of carbonyl (C=O) groups is 1. The minimum Gasteiger partial charge on any atom is -0.379 e. The number of nitrogens with zero attached hydrogens (tertiary/aromatic N) is 1. The van der Waals surface area contributed by atoms with Crippen LogP contribution in [-0.2, 0) is 9.47 Å². The number of hydrogen-bond acceptors (Lipinski definition) is 5. The van der Waals surface area contributed by atoms with E-state index >= 15 is 0 Å². The highest BCUT2D eigenvalue weighted by atomic mass is 16.5. The van der Waals surface area contributed by atoms with Gasteiger partial charge >= 0.3 is 0 Å². The fourth-order valence-corrected chi connectivity index (χ4v) is 2.49. The highest BCUT2D eigenvalue weighted by molar-refractivity contribution is 5.94. The minimum absolute atomic E-state index is 0.113. The molecule has 0 aromatic carbocycles. The Morgan fingerprint density at radius 3 is 2.96 bits per heavy atom. The van der Waals surface area contributed by atoms with E-state index in [9.17, 15) is 9.59 Å². The van der Waals surface area contributed by atoms with Gasteiger partial charge in [0.2, 0.25) is 5.56 Å². The first-order valence-electron chi connectivity index (χ1n) is 7.81. The first-order valence-corrected chi connectivity index (χ1v) is 7.81. The number of hydrogen-bond donors (Lipinski definition) is 2. The third kappa shape index (κ3) is 5.46. The number of aromatic amines is 1. The van der Waals surface area contributed by atoms with Gasteiger partial charge in [-0.25, -0.2) is 0 Å². The van der Waals surface area contributed by atoms with E-state index in [4.69, 9.17) is 9.47 Å². The lowest BCUT2D eigenvalue weighted by Gasteiger charge is -2.32. The molecule has 1 amide bonds. The molecule has 1 aliphatic rings. The second-order valence-electron chi connectivity index (χ2n) is 6.07. The molecule has 2 atom stereocenters. The van der Waals surface area contributed by atoms with Gasteiger partial charge in [0.15, 0.2) is 0 Å². The SMILES string of the molecule is Cc1cc(C(=O)N[C@@H]2CCOC[C@H]2OCCN(C)C)cc(=O)[nH]1. The molecular formula is C16H25N3O4. The Kier molecular flexibility index (Phi) is 6.32. The average molecular weight is 323 g/mol. The summed E-state index contributed by atoms with van der Waals surface area (Å²) in [6, 6.07) is 2.86. The van der Waals surface area contributed by atoms with Crippen LogP contribution < -0.4 is 10.9 Å². The van der Waals surface area contributed by atoms with E-state index in [1.54, 1.807) is 13.0 Å². The van der Waals surface area contributed by atoms with Crippen LogP contribution in [0.4, 0.5) is 0 Å². The van der Waals surface area contributed by atoms with Crippen LogP contribution in [0.3, 0.4) is 0 Å². The molecule has 128 valence electrons. The van der Waals surface area contributed by atoms with Crippen molar-refractivity contribution in [2.24, 2.45) is 0 Å². The van der Waals surface area contributed by atoms with Gasteiger partial charge in [0.25, 0.3) is 5.91 Å². The Morgan fingerprint density at radius 1 is 1.48 bits per heavy atom. The number of ether oxygens (including phenoxy) is 2. The summed E-state index contributed by atoms with van der Waals surface area (Å²) in [7, 11) is 3.96. The van der Waals surface area contributed by atoms with E-state index in [0.717, 1.165) is 6.54 Å². The summed E-state index contributed by atoms with van der Waals surface area (Å²) in [6.07, 6.45) is 0.524. The van der Waals surface area contributed by atoms with E-state index in [-0.39, 0.29) is 23.6 Å². The second-order valence-corrected chi connectivity index (χ2v) is 6.07. The molecule has 2 rings (SSSR count). The molecule has 2 N–H and O–H groups in total. The van der Waals surface area contributed by atoms with Crippen molar-refractivity contribution in [3.05, 3.63) is 33.7 Å². The molecule has 1 aromatic rings. The summed E-state index contributed by atoms with van der Waals surface area (Å²) in [5.41, 5.74) is 0.749. The largest absolute Gasteiger partial charge is 0.379 e. The number of nitrogens with one attached hydrogen (secondary N) is 2. The van der Waals surface area contributed by atoms with Crippen LogP contribution in [0.25, 0.3) is 0 Å². The van der Waals surface area contributed by atoms with Crippen molar-refractivity contribution in [1.29, 1.82) is 0 Å². The number of aryl methyl sites for hydroxylation is 1. The van der Waals surface area contributed by atoms with Gasteiger partial charge in [0.1, 0.15) is 6.10 Å². The summed E-state index contributed by atoms with van der Waals surface area (Å²) < 4.78 is 11.3. The standard InChI is InChI=1S/C16H25N3O4/c1-11-8-12(9-15(20)17-11)16(21)18-13-4-6-22-10-14(13)23-7-5-19(2)3/h8-9,13-14H,4-7,10H2,1-3H3,(H,17,20)(H,18,21)/t13-,14-/m1/s1. The molecule has 7 nitrogen and oxygen atoms in total. The van der Waals surface area contributed by atoms with E-state index in [1.165, 1.54) is 6.07 Å². The molecule has 1 aliphatic heterocycles. The Balaban J connectivity index is 1.97. The van der Waals surface area contributed by atoms with Crippen molar-refractivity contribution >= 4 is 5.91 Å². The Hall–Kier alpha value is -1.70. The van der Waals surface area contributed by atoms with Gasteiger partial charge < -0.3 is 24.7 Å². The maximum atomic E-state index is 12.4. The van der Waals surface area contributed by atoms with Crippen LogP contribution in [0.1, 0.15) is 22.5 Å². The van der Waals surface area contributed by atoms with Crippen molar-refractivity contribution in [1.82, 2.24) is 15.2 Å². The van der Waals surface area contributed by atoms with Gasteiger partial charge in [-0.05, 0) is 33.5 Å². The lowest BCUT2D eigenvalue weighted by molar-refractivity contribution is -0.0690. The first kappa shape index (κ1) is 17.7. The summed E-state index contributed by atoms with van der Waals surface area (Å²) in [6.45, 7) is 4.20. The highest BCUT2D eigenvalue weighted by Crippen LogP contribution is 2.12. The van der Waals surface area contributed by atoms with E-state index in [1.807, 2.05) is 19.0 Å². The lowest BCUT2D eigenvalue weighted by atomic mass is 10.1. The zero-order valence-corrected chi connectivity index (χ0v) is 13.9. The molecule has 7 heteroatoms. The fraction of sp³-hybridized carbons (Fsp3) is 0.625. The molecule has 23 heavy (non-hydrogen) atoms. The lowest BCUT2D eigenvalue weighted by Crippen LogP contribution is -2.50. The number of likely N-dealkylation sites (N-methyl/N-ethyl adjacent to an activating group) is 1. The van der Waals surface area contributed by atoms with Crippen LogP contribution in [0.5, 0.6) is 0 Å². The average Bonchev–Trinajstić information content (AvgIpc) is 2.47. The molecule has 0 saturated carbocycles. The molecule has 0 bridgehead atoms. The third-order valence-electron chi connectivity index (χ3n) is 3.73. The van der Waals surface area contributed by atoms with Crippen LogP contribution in [0, 0.1) is 6.92 Å². The molecule has 1 aromatic heterocycles. The fourth-order valence-electron chi connectivity index (χ4n) is 2.49. The van der Waals surface area contributed by atoms with E-state index < -0.39 is 0 Å². The Bertz CT molecular complexity index is 585. The predicted molar refractivity (Wildman–Crippen MR) is 86.8 cm³/mol. The number of carbonyl (C=O) groups excluding carboxylic acids is 1. The van der Waals surface area contributed by atoms with E-state index in [0.29, 0.717) is 37.5 Å². The maximum Gasteiger partial charge on any atom is 0.251 e. The molecule has 0 spiro atoms. The summed E-state index contributed by atoms with van der Waals surface area (Å²) in [5, 5.41) is 2.97. The van der Waals surface area contributed by atoms with Gasteiger partial charge in [-0.1, -0.05) is 0 Å². The van der Waals surface area contributed by atoms with Gasteiger partial charge in [0, 0.05) is 30.5 Å². The summed E-state index contributed by atoms with van der Waals surface area (Å²) in [5.74, 6) is -0.257. The number of H-pyrrole nitrogens is 1. The first-order chi connectivity index (χ1) is 11.0. The van der Waals surface area contributed by atoms with Crippen molar-refractivity contribution in [3.8, 4) is 0 Å². The quantitative estimate of drug-likeness (QED) is 0.778. The van der Waals surface area contributed by atoms with Crippen molar-refractivity contribution in [2.45, 2.75) is 25.5 Å².